The highest BCUT2D eigenvalue weighted by molar-refractivity contribution is 5.96. The van der Waals surface area contributed by atoms with Gasteiger partial charge in [-0.15, -0.1) is 0 Å². The first-order chi connectivity index (χ1) is 16.4. The molecule has 4 rings (SSSR count). The number of aliphatic carboxylic acids is 1. The van der Waals surface area contributed by atoms with Crippen LogP contribution in [0.5, 0.6) is 0 Å². The SMILES string of the molecule is NC(=O)C[C@H](NC(=O)/C=C/c1cn(-c2ccccc2)nc1-c1ccc2ccccc2c1)C(=O)O. The Labute approximate surface area is 195 Å². The number of aromatic nitrogens is 2. The molecule has 0 aliphatic rings. The third-order valence-corrected chi connectivity index (χ3v) is 5.22. The second-order valence-corrected chi connectivity index (χ2v) is 7.68. The summed E-state index contributed by atoms with van der Waals surface area (Å²) in [6, 6.07) is 22.1. The first-order valence-electron chi connectivity index (χ1n) is 10.5. The van der Waals surface area contributed by atoms with Crippen molar-refractivity contribution < 1.29 is 19.5 Å². The second kappa shape index (κ2) is 9.83. The van der Waals surface area contributed by atoms with Gasteiger partial charge in [0.05, 0.1) is 17.8 Å². The molecule has 34 heavy (non-hydrogen) atoms. The van der Waals surface area contributed by atoms with E-state index in [2.05, 4.69) is 5.32 Å². The molecule has 3 aromatic carbocycles. The Bertz CT molecular complexity index is 1390. The van der Waals surface area contributed by atoms with Gasteiger partial charge in [0.25, 0.3) is 0 Å². The highest BCUT2D eigenvalue weighted by Crippen LogP contribution is 2.28. The molecule has 4 aromatic rings. The fraction of sp³-hybridized carbons (Fsp3) is 0.0769. The van der Waals surface area contributed by atoms with E-state index in [4.69, 9.17) is 10.8 Å². The van der Waals surface area contributed by atoms with E-state index in [-0.39, 0.29) is 0 Å². The monoisotopic (exact) mass is 454 g/mol. The summed E-state index contributed by atoms with van der Waals surface area (Å²) in [7, 11) is 0. The van der Waals surface area contributed by atoms with E-state index in [1.165, 1.54) is 6.08 Å². The standard InChI is InChI=1S/C26H22N4O4/c27-23(31)15-22(26(33)34)28-24(32)13-12-20-16-30(21-8-2-1-3-9-21)29-25(20)19-11-10-17-6-4-5-7-18(17)14-19/h1-14,16,22H,15H2,(H2,27,31)(H,28,32)(H,33,34)/b13-12+/t22-/m0/s1. The van der Waals surface area contributed by atoms with Gasteiger partial charge in [-0.3, -0.25) is 9.59 Å². The normalized spacial score (nSPS) is 12.0. The number of hydrogen-bond donors (Lipinski definition) is 3. The molecule has 0 aliphatic heterocycles. The molecule has 0 spiro atoms. The largest absolute Gasteiger partial charge is 0.480 e. The number of hydrogen-bond acceptors (Lipinski definition) is 4. The van der Waals surface area contributed by atoms with E-state index < -0.39 is 30.2 Å². The lowest BCUT2D eigenvalue weighted by Gasteiger charge is -2.10. The molecule has 0 aliphatic carbocycles. The minimum absolute atomic E-state index is 0.497. The number of primary amides is 1. The van der Waals surface area contributed by atoms with Gasteiger partial charge in [0, 0.05) is 23.4 Å². The average Bonchev–Trinajstić information content (AvgIpc) is 3.26. The van der Waals surface area contributed by atoms with Crippen LogP contribution in [-0.2, 0) is 14.4 Å². The number of benzene rings is 3. The fourth-order valence-electron chi connectivity index (χ4n) is 3.57. The summed E-state index contributed by atoms with van der Waals surface area (Å²) in [6.45, 7) is 0. The maximum Gasteiger partial charge on any atom is 0.326 e. The molecule has 0 bridgehead atoms. The number of carboxylic acids is 1. The van der Waals surface area contributed by atoms with E-state index in [1.807, 2.05) is 72.8 Å². The third-order valence-electron chi connectivity index (χ3n) is 5.22. The number of fused-ring (bicyclic) bond motifs is 1. The van der Waals surface area contributed by atoms with Crippen LogP contribution in [0.15, 0.2) is 85.1 Å². The Hall–Kier alpha value is -4.72. The van der Waals surface area contributed by atoms with Crippen LogP contribution in [0, 0.1) is 0 Å². The van der Waals surface area contributed by atoms with Gasteiger partial charge in [0.1, 0.15) is 6.04 Å². The molecule has 4 N–H and O–H groups in total. The molecular formula is C26H22N4O4. The number of carbonyl (C=O) groups is 3. The maximum absolute atomic E-state index is 12.4. The van der Waals surface area contributed by atoms with Crippen LogP contribution in [0.2, 0.25) is 0 Å². The highest BCUT2D eigenvalue weighted by Gasteiger charge is 2.21. The summed E-state index contributed by atoms with van der Waals surface area (Å²) >= 11 is 0. The summed E-state index contributed by atoms with van der Waals surface area (Å²) < 4.78 is 1.72. The van der Waals surface area contributed by atoms with Gasteiger partial charge in [0.2, 0.25) is 11.8 Å². The number of nitrogens with one attached hydrogen (secondary N) is 1. The summed E-state index contributed by atoms with van der Waals surface area (Å²) in [5.74, 6) is -2.82. The summed E-state index contributed by atoms with van der Waals surface area (Å²) in [6.07, 6.45) is 4.08. The van der Waals surface area contributed by atoms with Crippen LogP contribution < -0.4 is 11.1 Å². The van der Waals surface area contributed by atoms with Gasteiger partial charge in [-0.25, -0.2) is 9.48 Å². The zero-order chi connectivity index (χ0) is 24.1. The van der Waals surface area contributed by atoms with E-state index >= 15 is 0 Å². The molecule has 2 amide bonds. The Morgan fingerprint density at radius 3 is 2.41 bits per heavy atom. The average molecular weight is 454 g/mol. The van der Waals surface area contributed by atoms with Crippen molar-refractivity contribution in [3.05, 3.63) is 90.6 Å². The van der Waals surface area contributed by atoms with Crippen molar-refractivity contribution in [1.29, 1.82) is 0 Å². The van der Waals surface area contributed by atoms with Crippen molar-refractivity contribution in [2.45, 2.75) is 12.5 Å². The van der Waals surface area contributed by atoms with E-state index in [0.29, 0.717) is 11.3 Å². The summed E-state index contributed by atoms with van der Waals surface area (Å²) in [4.78, 5) is 34.7. The quantitative estimate of drug-likeness (QED) is 0.353. The molecule has 8 heteroatoms. The Morgan fingerprint density at radius 1 is 1.00 bits per heavy atom. The molecule has 0 saturated carbocycles. The molecule has 0 radical (unpaired) electrons. The van der Waals surface area contributed by atoms with Crippen LogP contribution in [0.3, 0.4) is 0 Å². The van der Waals surface area contributed by atoms with Gasteiger partial charge >= 0.3 is 5.97 Å². The van der Waals surface area contributed by atoms with Crippen LogP contribution >= 0.6 is 0 Å². The highest BCUT2D eigenvalue weighted by atomic mass is 16.4. The van der Waals surface area contributed by atoms with Crippen molar-refractivity contribution >= 4 is 34.6 Å². The summed E-state index contributed by atoms with van der Waals surface area (Å²) in [5.41, 5.74) is 8.11. The Balaban J connectivity index is 1.69. The van der Waals surface area contributed by atoms with Crippen molar-refractivity contribution in [3.8, 4) is 16.9 Å². The smallest absolute Gasteiger partial charge is 0.326 e. The second-order valence-electron chi connectivity index (χ2n) is 7.68. The molecular weight excluding hydrogens is 432 g/mol. The Morgan fingerprint density at radius 2 is 1.71 bits per heavy atom. The van der Waals surface area contributed by atoms with Gasteiger partial charge in [0.15, 0.2) is 0 Å². The zero-order valence-corrected chi connectivity index (χ0v) is 18.1. The molecule has 1 atom stereocenters. The van der Waals surface area contributed by atoms with Crippen molar-refractivity contribution in [1.82, 2.24) is 15.1 Å². The van der Waals surface area contributed by atoms with Crippen molar-refractivity contribution in [2.75, 3.05) is 0 Å². The first-order valence-corrected chi connectivity index (χ1v) is 10.5. The molecule has 8 nitrogen and oxygen atoms in total. The van der Waals surface area contributed by atoms with Gasteiger partial charge in [-0.1, -0.05) is 54.6 Å². The lowest BCUT2D eigenvalue weighted by molar-refractivity contribution is -0.142. The predicted octanol–water partition coefficient (Wildman–Crippen LogP) is 3.15. The number of rotatable bonds is 8. The number of carbonyl (C=O) groups excluding carboxylic acids is 2. The number of carboxylic acid groups (broad SMARTS) is 1. The van der Waals surface area contributed by atoms with Crippen LogP contribution in [0.25, 0.3) is 33.8 Å². The lowest BCUT2D eigenvalue weighted by Crippen LogP contribution is -2.42. The minimum atomic E-state index is -1.40. The van der Waals surface area contributed by atoms with E-state index in [9.17, 15) is 19.5 Å². The first kappa shape index (κ1) is 22.5. The third kappa shape index (κ3) is 5.18. The maximum atomic E-state index is 12.4. The van der Waals surface area contributed by atoms with Gasteiger partial charge in [-0.2, -0.15) is 5.10 Å². The summed E-state index contributed by atoms with van der Waals surface area (Å²) in [5, 5.41) is 18.4. The number of nitrogens with two attached hydrogens (primary N) is 1. The molecule has 0 unspecified atom stereocenters. The Kier molecular flexibility index (Phi) is 6.49. The molecule has 1 heterocycles. The van der Waals surface area contributed by atoms with E-state index in [1.54, 1.807) is 17.0 Å². The van der Waals surface area contributed by atoms with Crippen LogP contribution in [-0.4, -0.2) is 38.7 Å². The number of nitrogens with zero attached hydrogens (tertiary/aromatic N) is 2. The molecule has 1 aromatic heterocycles. The molecule has 0 fully saturated rings. The number of amides is 2. The fourth-order valence-corrected chi connectivity index (χ4v) is 3.57. The van der Waals surface area contributed by atoms with E-state index in [0.717, 1.165) is 22.0 Å². The number of para-hydroxylation sites is 1. The lowest BCUT2D eigenvalue weighted by atomic mass is 10.0. The van der Waals surface area contributed by atoms with Gasteiger partial charge in [-0.05, 0) is 35.0 Å². The predicted molar refractivity (Wildman–Crippen MR) is 129 cm³/mol. The van der Waals surface area contributed by atoms with Crippen molar-refractivity contribution in [2.24, 2.45) is 5.73 Å². The zero-order valence-electron chi connectivity index (χ0n) is 18.1. The topological polar surface area (TPSA) is 127 Å². The minimum Gasteiger partial charge on any atom is -0.480 e. The molecule has 0 saturated heterocycles. The van der Waals surface area contributed by atoms with Crippen LogP contribution in [0.4, 0.5) is 0 Å². The van der Waals surface area contributed by atoms with Gasteiger partial charge < -0.3 is 16.2 Å². The van der Waals surface area contributed by atoms with Crippen molar-refractivity contribution in [3.63, 3.8) is 0 Å². The molecule has 170 valence electrons. The van der Waals surface area contributed by atoms with Crippen LogP contribution in [0.1, 0.15) is 12.0 Å².